The second-order valence-electron chi connectivity index (χ2n) is 4.64. The first-order chi connectivity index (χ1) is 7.54. The van der Waals surface area contributed by atoms with Crippen LogP contribution in [0.1, 0.15) is 4.88 Å². The molecule has 0 saturated carbocycles. The van der Waals surface area contributed by atoms with Gasteiger partial charge in [-0.05, 0) is 23.6 Å². The molecule has 2 aromatic heterocycles. The third-order valence-corrected chi connectivity index (χ3v) is 4.87. The van der Waals surface area contributed by atoms with Crippen LogP contribution < -0.4 is 0 Å². The molecule has 2 heterocycles. The molecule has 0 nitrogen and oxygen atoms in total. The normalized spacial score (nSPS) is 10.9. The summed E-state index contributed by atoms with van der Waals surface area (Å²) in [6.07, 6.45) is 0. The van der Waals surface area contributed by atoms with E-state index in [1.807, 2.05) is 0 Å². The van der Waals surface area contributed by atoms with Gasteiger partial charge in [0, 0.05) is 9.75 Å². The first-order valence-corrected chi connectivity index (χ1v) is 10.4. The highest BCUT2D eigenvalue weighted by atomic mass is 32.1. The molecule has 16 heavy (non-hydrogen) atoms. The molecule has 0 bridgehead atoms. The van der Waals surface area contributed by atoms with E-state index in [2.05, 4.69) is 60.8 Å². The van der Waals surface area contributed by atoms with Gasteiger partial charge < -0.3 is 0 Å². The Morgan fingerprint density at radius 2 is 1.88 bits per heavy atom. The lowest BCUT2D eigenvalue weighted by atomic mass is 10.4. The average Bonchev–Trinajstić information content (AvgIpc) is 2.84. The summed E-state index contributed by atoms with van der Waals surface area (Å²) in [5.41, 5.74) is 3.40. The number of rotatable bonds is 1. The Labute approximate surface area is 106 Å². The van der Waals surface area contributed by atoms with Gasteiger partial charge in [-0.25, -0.2) is 0 Å². The van der Waals surface area contributed by atoms with Gasteiger partial charge in [-0.3, -0.25) is 0 Å². The molecule has 2 aromatic rings. The maximum Gasteiger partial charge on any atom is 0.129 e. The van der Waals surface area contributed by atoms with E-state index >= 15 is 0 Å². The minimum Gasteiger partial charge on any atom is -0.143 e. The highest BCUT2D eigenvalue weighted by Crippen LogP contribution is 2.31. The van der Waals surface area contributed by atoms with Crippen molar-refractivity contribution in [1.29, 1.82) is 0 Å². The van der Waals surface area contributed by atoms with Crippen LogP contribution in [0.15, 0.2) is 29.6 Å². The Morgan fingerprint density at radius 3 is 2.50 bits per heavy atom. The molecule has 2 rings (SSSR count). The summed E-state index contributed by atoms with van der Waals surface area (Å²) >= 11 is 3.57. The molecule has 0 saturated heterocycles. The Hall–Kier alpha value is -0.823. The van der Waals surface area contributed by atoms with Gasteiger partial charge in [0.2, 0.25) is 0 Å². The maximum atomic E-state index is 3.40. The predicted octanol–water partition coefficient (Wildman–Crippen LogP) is 4.71. The molecule has 0 radical (unpaired) electrons. The molecular weight excluding hydrogens is 248 g/mol. The van der Waals surface area contributed by atoms with Crippen molar-refractivity contribution in [3.05, 3.63) is 34.5 Å². The van der Waals surface area contributed by atoms with E-state index in [0.29, 0.717) is 0 Å². The van der Waals surface area contributed by atoms with Crippen LogP contribution in [0.5, 0.6) is 0 Å². The zero-order chi connectivity index (χ0) is 11.6. The van der Waals surface area contributed by atoms with E-state index in [9.17, 15) is 0 Å². The summed E-state index contributed by atoms with van der Waals surface area (Å²) in [5.74, 6) is 3.30. The molecule has 3 heteroatoms. The summed E-state index contributed by atoms with van der Waals surface area (Å²) in [5, 5.41) is 2.11. The van der Waals surface area contributed by atoms with Crippen molar-refractivity contribution < 1.29 is 0 Å². The minimum absolute atomic E-state index is 1.19. The van der Waals surface area contributed by atoms with E-state index in [4.69, 9.17) is 0 Å². The smallest absolute Gasteiger partial charge is 0.129 e. The fourth-order valence-corrected chi connectivity index (χ4v) is 3.50. The van der Waals surface area contributed by atoms with Crippen LogP contribution in [0.3, 0.4) is 0 Å². The fourth-order valence-electron chi connectivity index (χ4n) is 1.21. The highest BCUT2D eigenvalue weighted by Gasteiger charge is 2.08. The fraction of sp³-hybridized carbons (Fsp3) is 0.231. The van der Waals surface area contributed by atoms with Gasteiger partial charge in [-0.15, -0.1) is 28.2 Å². The van der Waals surface area contributed by atoms with Crippen LogP contribution >= 0.6 is 22.7 Å². The average molecular weight is 262 g/mol. The van der Waals surface area contributed by atoms with Gasteiger partial charge in [0.05, 0.1) is 4.88 Å². The molecule has 0 spiro atoms. The molecule has 0 fully saturated rings. The topological polar surface area (TPSA) is 0 Å². The van der Waals surface area contributed by atoms with Crippen molar-refractivity contribution in [3.63, 3.8) is 0 Å². The molecule has 0 aliphatic carbocycles. The van der Waals surface area contributed by atoms with Crippen LogP contribution in [0.25, 0.3) is 9.75 Å². The quantitative estimate of drug-likeness (QED) is 0.516. The van der Waals surface area contributed by atoms with Gasteiger partial charge in [-0.2, -0.15) is 0 Å². The Bertz CT molecular complexity index is 518. The SMILES string of the molecule is C[Si](C)(C)C#Cc1ccc(-c2cccs2)s1. The predicted molar refractivity (Wildman–Crippen MR) is 77.9 cm³/mol. The first kappa shape index (κ1) is 11.7. The van der Waals surface area contributed by atoms with Crippen molar-refractivity contribution >= 4 is 30.7 Å². The first-order valence-electron chi connectivity index (χ1n) is 5.21. The van der Waals surface area contributed by atoms with Crippen LogP contribution in [0, 0.1) is 11.5 Å². The van der Waals surface area contributed by atoms with E-state index in [1.54, 1.807) is 22.7 Å². The van der Waals surface area contributed by atoms with E-state index in [-0.39, 0.29) is 0 Å². The molecule has 0 aliphatic rings. The summed E-state index contributed by atoms with van der Waals surface area (Å²) in [6, 6.07) is 8.55. The largest absolute Gasteiger partial charge is 0.143 e. The molecule has 0 amide bonds. The van der Waals surface area contributed by atoms with Gasteiger partial charge in [-0.1, -0.05) is 31.6 Å². The van der Waals surface area contributed by atoms with Gasteiger partial charge >= 0.3 is 0 Å². The number of hydrogen-bond acceptors (Lipinski definition) is 2. The van der Waals surface area contributed by atoms with Gasteiger partial charge in [0.25, 0.3) is 0 Å². The zero-order valence-electron chi connectivity index (χ0n) is 9.70. The summed E-state index contributed by atoms with van der Waals surface area (Å²) in [7, 11) is -1.25. The molecule has 0 unspecified atom stereocenters. The molecule has 0 atom stereocenters. The molecule has 0 N–H and O–H groups in total. The minimum atomic E-state index is -1.25. The van der Waals surface area contributed by atoms with E-state index in [1.165, 1.54) is 14.6 Å². The molecular formula is C13H14S2Si. The lowest BCUT2D eigenvalue weighted by molar-refractivity contribution is 1.81. The van der Waals surface area contributed by atoms with E-state index < -0.39 is 8.07 Å². The number of hydrogen-bond donors (Lipinski definition) is 0. The van der Waals surface area contributed by atoms with Crippen molar-refractivity contribution in [1.82, 2.24) is 0 Å². The lowest BCUT2D eigenvalue weighted by Crippen LogP contribution is -2.16. The monoisotopic (exact) mass is 262 g/mol. The van der Waals surface area contributed by atoms with Gasteiger partial charge in [0.15, 0.2) is 0 Å². The second kappa shape index (κ2) is 4.58. The lowest BCUT2D eigenvalue weighted by Gasteiger charge is -2.02. The summed E-state index contributed by atoms with van der Waals surface area (Å²) < 4.78 is 0. The van der Waals surface area contributed by atoms with Crippen molar-refractivity contribution in [2.75, 3.05) is 0 Å². The maximum absolute atomic E-state index is 3.40. The molecule has 0 aliphatic heterocycles. The number of thiophene rings is 2. The third-order valence-electron chi connectivity index (χ3n) is 1.93. The third kappa shape index (κ3) is 3.08. The van der Waals surface area contributed by atoms with Crippen LogP contribution in [0.4, 0.5) is 0 Å². The standard InChI is InChI=1S/C13H14S2Si/c1-16(2,3)10-8-11-6-7-13(15-11)12-5-4-9-14-12/h4-7,9H,1-3H3. The van der Waals surface area contributed by atoms with E-state index in [0.717, 1.165) is 0 Å². The Morgan fingerprint density at radius 1 is 1.06 bits per heavy atom. The zero-order valence-corrected chi connectivity index (χ0v) is 12.3. The Kier molecular flexibility index (Phi) is 3.34. The van der Waals surface area contributed by atoms with Gasteiger partial charge in [0.1, 0.15) is 8.07 Å². The highest BCUT2D eigenvalue weighted by molar-refractivity contribution is 7.21. The van der Waals surface area contributed by atoms with Crippen molar-refractivity contribution in [2.24, 2.45) is 0 Å². The summed E-state index contributed by atoms with van der Waals surface area (Å²) in [4.78, 5) is 3.85. The summed E-state index contributed by atoms with van der Waals surface area (Å²) in [6.45, 7) is 6.81. The Balaban J connectivity index is 2.23. The van der Waals surface area contributed by atoms with Crippen LogP contribution in [-0.2, 0) is 0 Å². The second-order valence-corrected chi connectivity index (χ2v) is 11.4. The molecule has 0 aromatic carbocycles. The molecule has 82 valence electrons. The van der Waals surface area contributed by atoms with Crippen LogP contribution in [0.2, 0.25) is 19.6 Å². The van der Waals surface area contributed by atoms with Crippen molar-refractivity contribution in [2.45, 2.75) is 19.6 Å². The van der Waals surface area contributed by atoms with Crippen molar-refractivity contribution in [3.8, 4) is 21.2 Å². The van der Waals surface area contributed by atoms with Crippen LogP contribution in [-0.4, -0.2) is 8.07 Å².